The number of esters is 1. The van der Waals surface area contributed by atoms with Crippen LogP contribution in [-0.2, 0) is 27.2 Å². The smallest absolute Gasteiger partial charge is 0.341 e. The molecular weight excluding hydrogens is 767 g/mol. The molecule has 3 N–H and O–H groups in total. The van der Waals surface area contributed by atoms with E-state index < -0.39 is 23.0 Å². The van der Waals surface area contributed by atoms with Gasteiger partial charge in [-0.2, -0.15) is 0 Å². The number of rotatable bonds is 14. The number of carbonyl (C=O) groups is 4. The molecule has 0 radical (unpaired) electrons. The van der Waals surface area contributed by atoms with Gasteiger partial charge in [0.25, 0.3) is 11.8 Å². The minimum Gasteiger partial charge on any atom is -0.494 e. The number of thiophene rings is 1. The predicted octanol–water partition coefficient (Wildman–Crippen LogP) is 10.4. The first-order valence-electron chi connectivity index (χ1n) is 19.5. The van der Waals surface area contributed by atoms with Crippen molar-refractivity contribution >= 4 is 63.6 Å². The summed E-state index contributed by atoms with van der Waals surface area (Å²) in [4.78, 5) is 56.7. The maximum Gasteiger partial charge on any atom is 0.341 e. The van der Waals surface area contributed by atoms with Crippen LogP contribution in [0.15, 0.2) is 120 Å². The summed E-state index contributed by atoms with van der Waals surface area (Å²) in [5, 5.41) is 8.67. The summed E-state index contributed by atoms with van der Waals surface area (Å²) in [7, 11) is 0. The number of benzene rings is 4. The predicted molar refractivity (Wildman–Crippen MR) is 233 cm³/mol. The van der Waals surface area contributed by atoms with Crippen LogP contribution in [0.4, 0.5) is 10.7 Å². The molecule has 3 amide bonds. The summed E-state index contributed by atoms with van der Waals surface area (Å²) >= 11 is 2.80. The summed E-state index contributed by atoms with van der Waals surface area (Å²) in [6.07, 6.45) is 4.16. The Morgan fingerprint density at radius 2 is 1.57 bits per heavy atom. The molecule has 0 saturated carbocycles. The van der Waals surface area contributed by atoms with Crippen LogP contribution < -0.4 is 20.7 Å². The maximum atomic E-state index is 14.4. The fourth-order valence-corrected chi connectivity index (χ4v) is 9.23. The number of hydrogen-bond acceptors (Lipinski definition) is 8. The van der Waals surface area contributed by atoms with Crippen molar-refractivity contribution in [1.82, 2.24) is 5.32 Å². The molecule has 0 aliphatic heterocycles. The minimum absolute atomic E-state index is 0.0440. The maximum absolute atomic E-state index is 14.4. The van der Waals surface area contributed by atoms with Crippen LogP contribution in [0.3, 0.4) is 0 Å². The van der Waals surface area contributed by atoms with Gasteiger partial charge in [-0.3, -0.25) is 14.4 Å². The molecule has 9 nitrogen and oxygen atoms in total. The number of nitrogens with one attached hydrogen (secondary N) is 3. The average molecular weight is 816 g/mol. The van der Waals surface area contributed by atoms with Crippen molar-refractivity contribution in [2.75, 3.05) is 23.8 Å². The number of anilines is 2. The Bertz CT molecular complexity index is 2260. The third-order valence-electron chi connectivity index (χ3n) is 9.92. The van der Waals surface area contributed by atoms with Crippen molar-refractivity contribution < 1.29 is 28.7 Å². The summed E-state index contributed by atoms with van der Waals surface area (Å²) in [6.45, 7) is 11.2. The topological polar surface area (TPSA) is 123 Å². The fourth-order valence-electron chi connectivity index (χ4n) is 6.83. The Labute approximate surface area is 348 Å². The van der Waals surface area contributed by atoms with E-state index >= 15 is 0 Å². The number of hydrogen-bond donors (Lipinski definition) is 3. The second-order valence-corrected chi connectivity index (χ2v) is 17.3. The molecule has 1 heterocycles. The molecule has 0 fully saturated rings. The zero-order valence-electron chi connectivity index (χ0n) is 33.4. The second-order valence-electron chi connectivity index (χ2n) is 15.0. The van der Waals surface area contributed by atoms with E-state index in [-0.39, 0.29) is 23.6 Å². The molecule has 2 unspecified atom stereocenters. The van der Waals surface area contributed by atoms with E-state index in [0.29, 0.717) is 45.7 Å². The fraction of sp³-hybridized carbons (Fsp3) is 0.277. The molecule has 58 heavy (non-hydrogen) atoms. The van der Waals surface area contributed by atoms with Gasteiger partial charge < -0.3 is 25.4 Å². The molecule has 0 bridgehead atoms. The molecular formula is C47H49N3O6S2. The van der Waals surface area contributed by atoms with Crippen molar-refractivity contribution in [2.45, 2.75) is 64.0 Å². The first kappa shape index (κ1) is 42.0. The van der Waals surface area contributed by atoms with Crippen LogP contribution in [0.2, 0.25) is 0 Å². The van der Waals surface area contributed by atoms with Crippen molar-refractivity contribution in [3.63, 3.8) is 0 Å². The molecule has 1 aliphatic rings. The van der Waals surface area contributed by atoms with E-state index in [0.717, 1.165) is 40.2 Å². The van der Waals surface area contributed by atoms with Gasteiger partial charge in [-0.1, -0.05) is 87.5 Å². The molecule has 2 atom stereocenters. The minimum atomic E-state index is -0.705. The van der Waals surface area contributed by atoms with Gasteiger partial charge in [0.1, 0.15) is 21.7 Å². The Balaban J connectivity index is 1.25. The Morgan fingerprint density at radius 3 is 2.24 bits per heavy atom. The number of carbonyl (C=O) groups excluding carboxylic acids is 4. The van der Waals surface area contributed by atoms with Gasteiger partial charge >= 0.3 is 5.97 Å². The van der Waals surface area contributed by atoms with E-state index in [1.165, 1.54) is 23.1 Å². The molecule has 5 aromatic rings. The lowest BCUT2D eigenvalue weighted by atomic mass is 9.72. The first-order valence-corrected chi connectivity index (χ1v) is 21.2. The van der Waals surface area contributed by atoms with E-state index in [1.807, 2.05) is 61.5 Å². The van der Waals surface area contributed by atoms with Crippen molar-refractivity contribution in [2.24, 2.45) is 11.3 Å². The largest absolute Gasteiger partial charge is 0.494 e. The molecule has 1 aromatic heterocycles. The SMILES string of the molecule is CCOC(=O)c1c(NC(=O)C(Sc2cccc(NC(=O)/C(=C\c3ccc(OCC)cc3)NC(=O)c3ccccc3)c2)c2ccccc2)sc2c1CCC(C(C)(C)C)C2. The highest BCUT2D eigenvalue weighted by Crippen LogP contribution is 2.45. The summed E-state index contributed by atoms with van der Waals surface area (Å²) < 4.78 is 11.1. The quantitative estimate of drug-likeness (QED) is 0.0579. The standard InChI is InChI=1S/C47H49N3O6S2/c1-6-55-35-24-21-30(22-25-35)27-38(49-42(51)32-17-12-9-13-18-32)43(52)48-34-19-14-20-36(29-34)57-41(31-15-10-8-11-16-31)44(53)50-45-40(46(54)56-7-2)37-26-23-33(47(3,4)5)28-39(37)58-45/h8-22,24-25,27,29,33,41H,6-7,23,26,28H2,1-5H3,(H,48,52)(H,49,51)(H,50,53)/b38-27+. The zero-order valence-corrected chi connectivity index (χ0v) is 35.1. The number of thioether (sulfide) groups is 1. The molecule has 300 valence electrons. The normalized spacial score (nSPS) is 14.4. The van der Waals surface area contributed by atoms with Gasteiger partial charge in [-0.05, 0) is 110 Å². The highest BCUT2D eigenvalue weighted by atomic mass is 32.2. The van der Waals surface area contributed by atoms with E-state index in [1.54, 1.807) is 67.6 Å². The lowest BCUT2D eigenvalue weighted by Crippen LogP contribution is -2.30. The molecule has 4 aromatic carbocycles. The van der Waals surface area contributed by atoms with Crippen molar-refractivity contribution in [1.29, 1.82) is 0 Å². The van der Waals surface area contributed by atoms with Gasteiger partial charge in [-0.15, -0.1) is 23.1 Å². The van der Waals surface area contributed by atoms with E-state index in [4.69, 9.17) is 9.47 Å². The number of amides is 3. The van der Waals surface area contributed by atoms with Crippen LogP contribution in [0.5, 0.6) is 5.75 Å². The van der Waals surface area contributed by atoms with Gasteiger partial charge in [0, 0.05) is 21.0 Å². The highest BCUT2D eigenvalue weighted by Gasteiger charge is 2.35. The van der Waals surface area contributed by atoms with Crippen LogP contribution in [0.1, 0.15) is 88.6 Å². The Morgan fingerprint density at radius 1 is 0.862 bits per heavy atom. The lowest BCUT2D eigenvalue weighted by Gasteiger charge is -2.33. The van der Waals surface area contributed by atoms with Gasteiger partial charge in [0.05, 0.1) is 18.8 Å². The van der Waals surface area contributed by atoms with Crippen molar-refractivity contribution in [3.8, 4) is 5.75 Å². The van der Waals surface area contributed by atoms with Crippen LogP contribution in [0, 0.1) is 11.3 Å². The van der Waals surface area contributed by atoms with Crippen LogP contribution in [0.25, 0.3) is 6.08 Å². The molecule has 1 aliphatic carbocycles. The van der Waals surface area contributed by atoms with Gasteiger partial charge in [0.15, 0.2) is 0 Å². The third kappa shape index (κ3) is 10.6. The van der Waals surface area contributed by atoms with E-state index in [2.05, 4.69) is 36.7 Å². The van der Waals surface area contributed by atoms with Crippen LogP contribution in [-0.4, -0.2) is 36.9 Å². The number of ether oxygens (including phenoxy) is 2. The highest BCUT2D eigenvalue weighted by molar-refractivity contribution is 8.00. The molecule has 0 saturated heterocycles. The first-order chi connectivity index (χ1) is 27.9. The summed E-state index contributed by atoms with van der Waals surface area (Å²) in [5.41, 5.74) is 3.93. The zero-order chi connectivity index (χ0) is 41.2. The Kier molecular flexibility index (Phi) is 13.9. The third-order valence-corrected chi connectivity index (χ3v) is 12.3. The second kappa shape index (κ2) is 19.2. The summed E-state index contributed by atoms with van der Waals surface area (Å²) in [6, 6.07) is 32.6. The van der Waals surface area contributed by atoms with Crippen molar-refractivity contribution in [3.05, 3.63) is 148 Å². The Hall–Kier alpha value is -5.65. The lowest BCUT2D eigenvalue weighted by molar-refractivity contribution is -0.116. The molecule has 6 rings (SSSR count). The van der Waals surface area contributed by atoms with Gasteiger partial charge in [-0.25, -0.2) is 4.79 Å². The number of fused-ring (bicyclic) bond motifs is 1. The van der Waals surface area contributed by atoms with Gasteiger partial charge in [0.2, 0.25) is 5.91 Å². The van der Waals surface area contributed by atoms with E-state index in [9.17, 15) is 19.2 Å². The van der Waals surface area contributed by atoms with Crippen LogP contribution >= 0.6 is 23.1 Å². The molecule has 11 heteroatoms. The monoisotopic (exact) mass is 815 g/mol. The summed E-state index contributed by atoms with van der Waals surface area (Å²) in [5.74, 6) is -0.519. The average Bonchev–Trinajstić information content (AvgIpc) is 3.58. The molecule has 0 spiro atoms.